The number of hydrogen-bond donors (Lipinski definition) is 1. The van der Waals surface area contributed by atoms with Gasteiger partial charge in [-0.1, -0.05) is 37.3 Å². The monoisotopic (exact) mass is 299 g/mol. The maximum Gasteiger partial charge on any atom is 0.227 e. The Labute approximate surface area is 129 Å². The van der Waals surface area contributed by atoms with Crippen LogP contribution >= 0.6 is 0 Å². The first kappa shape index (κ1) is 14.7. The van der Waals surface area contributed by atoms with Crippen molar-refractivity contribution in [3.63, 3.8) is 0 Å². The number of rotatable bonds is 3. The van der Waals surface area contributed by atoms with E-state index in [2.05, 4.69) is 10.1 Å². The summed E-state index contributed by atoms with van der Waals surface area (Å²) in [6.45, 7) is 5.61. The van der Waals surface area contributed by atoms with Crippen molar-refractivity contribution < 1.29 is 4.79 Å². The molecular weight excluding hydrogens is 278 g/mol. The lowest BCUT2D eigenvalue weighted by Gasteiger charge is -2.31. The lowest BCUT2D eigenvalue weighted by atomic mass is 9.94. The molecule has 2 heterocycles. The van der Waals surface area contributed by atoms with Crippen LogP contribution in [-0.2, 0) is 17.9 Å². The van der Waals surface area contributed by atoms with Crippen molar-refractivity contribution in [1.29, 1.82) is 0 Å². The Morgan fingerprint density at radius 3 is 2.73 bits per heavy atom. The molecule has 1 aromatic heterocycles. The van der Waals surface area contributed by atoms with Gasteiger partial charge >= 0.3 is 0 Å². The third-order valence-electron chi connectivity index (χ3n) is 4.19. The highest BCUT2D eigenvalue weighted by Crippen LogP contribution is 2.22. The fraction of sp³-hybridized carbons (Fsp3) is 0.438. The molecule has 0 radical (unpaired) electrons. The van der Waals surface area contributed by atoms with Crippen molar-refractivity contribution in [2.24, 2.45) is 11.7 Å². The minimum atomic E-state index is -0.296. The minimum absolute atomic E-state index is 0.0725. The summed E-state index contributed by atoms with van der Waals surface area (Å²) in [4.78, 5) is 18.9. The number of aryl methyl sites for hydroxylation is 1. The van der Waals surface area contributed by atoms with Gasteiger partial charge in [0, 0.05) is 12.6 Å². The van der Waals surface area contributed by atoms with Gasteiger partial charge in [-0.25, -0.2) is 9.67 Å². The summed E-state index contributed by atoms with van der Waals surface area (Å²) in [5, 5.41) is 4.32. The van der Waals surface area contributed by atoms with E-state index in [1.54, 1.807) is 0 Å². The van der Waals surface area contributed by atoms with Gasteiger partial charge in [0.15, 0.2) is 0 Å². The van der Waals surface area contributed by atoms with E-state index >= 15 is 0 Å². The van der Waals surface area contributed by atoms with Gasteiger partial charge in [-0.05, 0) is 12.5 Å². The van der Waals surface area contributed by atoms with Crippen molar-refractivity contribution in [2.45, 2.75) is 33.0 Å². The Bertz CT molecular complexity index is 666. The topological polar surface area (TPSA) is 77.0 Å². The van der Waals surface area contributed by atoms with Gasteiger partial charge in [0.1, 0.15) is 11.6 Å². The zero-order valence-corrected chi connectivity index (χ0v) is 12.9. The summed E-state index contributed by atoms with van der Waals surface area (Å²) in [6, 6.07) is 9.46. The van der Waals surface area contributed by atoms with E-state index < -0.39 is 0 Å². The van der Waals surface area contributed by atoms with Gasteiger partial charge in [0.25, 0.3) is 0 Å². The molecule has 0 saturated heterocycles. The molecule has 2 N–H and O–H groups in total. The highest BCUT2D eigenvalue weighted by atomic mass is 16.2. The molecule has 0 fully saturated rings. The Hall–Kier alpha value is -2.21. The number of benzene rings is 1. The van der Waals surface area contributed by atoms with E-state index in [-0.39, 0.29) is 17.9 Å². The van der Waals surface area contributed by atoms with Crippen LogP contribution < -0.4 is 5.73 Å². The number of amides is 1. The molecule has 22 heavy (non-hydrogen) atoms. The molecule has 1 aromatic carbocycles. The van der Waals surface area contributed by atoms with Crippen LogP contribution in [0.3, 0.4) is 0 Å². The standard InChI is InChI=1S/C16H21N5O/c1-11(15(17)13-6-4-3-5-7-13)16(22)20-8-9-21-14(10-20)18-12(2)19-21/h3-7,11,15H,8-10,17H2,1-2H3. The maximum absolute atomic E-state index is 12.7. The Morgan fingerprint density at radius 1 is 1.27 bits per heavy atom. The molecule has 0 bridgehead atoms. The van der Waals surface area contributed by atoms with Crippen molar-refractivity contribution in [3.8, 4) is 0 Å². The molecule has 6 heteroatoms. The zero-order valence-electron chi connectivity index (χ0n) is 12.9. The number of carbonyl (C=O) groups excluding carboxylic acids is 1. The van der Waals surface area contributed by atoms with Crippen molar-refractivity contribution in [2.75, 3.05) is 6.54 Å². The molecule has 1 aliphatic rings. The predicted octanol–water partition coefficient (Wildman–Crippen LogP) is 1.26. The summed E-state index contributed by atoms with van der Waals surface area (Å²) in [7, 11) is 0. The van der Waals surface area contributed by atoms with Crippen LogP contribution in [0.4, 0.5) is 0 Å². The third kappa shape index (κ3) is 2.74. The number of fused-ring (bicyclic) bond motifs is 1. The average Bonchev–Trinajstić information content (AvgIpc) is 2.92. The van der Waals surface area contributed by atoms with Gasteiger partial charge in [-0.2, -0.15) is 5.10 Å². The van der Waals surface area contributed by atoms with E-state index in [0.717, 1.165) is 17.2 Å². The highest BCUT2D eigenvalue weighted by Gasteiger charge is 2.29. The second-order valence-corrected chi connectivity index (χ2v) is 5.78. The van der Waals surface area contributed by atoms with Gasteiger partial charge in [0.2, 0.25) is 5.91 Å². The van der Waals surface area contributed by atoms with E-state index in [1.165, 1.54) is 0 Å². The zero-order chi connectivity index (χ0) is 15.7. The number of nitrogens with zero attached hydrogens (tertiary/aromatic N) is 4. The van der Waals surface area contributed by atoms with Gasteiger partial charge < -0.3 is 10.6 Å². The van der Waals surface area contributed by atoms with Gasteiger partial charge in [-0.3, -0.25) is 4.79 Å². The Morgan fingerprint density at radius 2 is 2.00 bits per heavy atom. The fourth-order valence-corrected chi connectivity index (χ4v) is 2.85. The second kappa shape index (κ2) is 5.88. The molecule has 3 rings (SSSR count). The molecule has 0 spiro atoms. The first-order valence-electron chi connectivity index (χ1n) is 7.56. The number of hydrogen-bond acceptors (Lipinski definition) is 4. The first-order chi connectivity index (χ1) is 10.6. The quantitative estimate of drug-likeness (QED) is 0.925. The van der Waals surface area contributed by atoms with Crippen molar-refractivity contribution >= 4 is 5.91 Å². The Kier molecular flexibility index (Phi) is 3.94. The summed E-state index contributed by atoms with van der Waals surface area (Å²) in [6.07, 6.45) is 0. The van der Waals surface area contributed by atoms with Gasteiger partial charge in [0.05, 0.1) is 19.0 Å². The van der Waals surface area contributed by atoms with Crippen LogP contribution in [0.2, 0.25) is 0 Å². The molecule has 2 atom stereocenters. The number of carbonyl (C=O) groups is 1. The van der Waals surface area contributed by atoms with Crippen LogP contribution in [-0.4, -0.2) is 32.1 Å². The molecule has 2 aromatic rings. The van der Waals surface area contributed by atoms with Crippen LogP contribution in [0.25, 0.3) is 0 Å². The average molecular weight is 299 g/mol. The smallest absolute Gasteiger partial charge is 0.227 e. The molecule has 2 unspecified atom stereocenters. The molecule has 0 aliphatic carbocycles. The predicted molar refractivity (Wildman–Crippen MR) is 82.7 cm³/mol. The molecule has 1 amide bonds. The largest absolute Gasteiger partial charge is 0.333 e. The summed E-state index contributed by atoms with van der Waals surface area (Å²) in [5.74, 6) is 1.40. The third-order valence-corrected chi connectivity index (χ3v) is 4.19. The van der Waals surface area contributed by atoms with Crippen molar-refractivity contribution in [3.05, 3.63) is 47.5 Å². The number of nitrogens with two attached hydrogens (primary N) is 1. The van der Waals surface area contributed by atoms with Crippen LogP contribution in [0, 0.1) is 12.8 Å². The van der Waals surface area contributed by atoms with E-state index in [1.807, 2.05) is 53.8 Å². The van der Waals surface area contributed by atoms with E-state index in [0.29, 0.717) is 19.6 Å². The molecule has 1 aliphatic heterocycles. The summed E-state index contributed by atoms with van der Waals surface area (Å²) >= 11 is 0. The summed E-state index contributed by atoms with van der Waals surface area (Å²) in [5.41, 5.74) is 7.25. The van der Waals surface area contributed by atoms with E-state index in [9.17, 15) is 4.79 Å². The SMILES string of the molecule is Cc1nc2n(n1)CCN(C(=O)C(C)C(N)c1ccccc1)C2. The van der Waals surface area contributed by atoms with Crippen LogP contribution in [0.5, 0.6) is 0 Å². The Balaban J connectivity index is 1.71. The maximum atomic E-state index is 12.7. The van der Waals surface area contributed by atoms with Crippen LogP contribution in [0.1, 0.15) is 30.2 Å². The lowest BCUT2D eigenvalue weighted by Crippen LogP contribution is -2.43. The van der Waals surface area contributed by atoms with E-state index in [4.69, 9.17) is 5.73 Å². The summed E-state index contributed by atoms with van der Waals surface area (Å²) < 4.78 is 1.88. The molecule has 6 nitrogen and oxygen atoms in total. The minimum Gasteiger partial charge on any atom is -0.333 e. The molecule has 116 valence electrons. The first-order valence-corrected chi connectivity index (χ1v) is 7.56. The van der Waals surface area contributed by atoms with Crippen LogP contribution in [0.15, 0.2) is 30.3 Å². The second-order valence-electron chi connectivity index (χ2n) is 5.78. The highest BCUT2D eigenvalue weighted by molar-refractivity contribution is 5.79. The molecular formula is C16H21N5O. The lowest BCUT2D eigenvalue weighted by molar-refractivity contribution is -0.137. The fourth-order valence-electron chi connectivity index (χ4n) is 2.85. The normalized spacial score (nSPS) is 17.0. The number of aromatic nitrogens is 3. The van der Waals surface area contributed by atoms with Gasteiger partial charge in [-0.15, -0.1) is 0 Å². The molecule has 0 saturated carbocycles. The van der Waals surface area contributed by atoms with Crippen molar-refractivity contribution in [1.82, 2.24) is 19.7 Å².